The van der Waals surface area contributed by atoms with Crippen molar-refractivity contribution in [2.45, 2.75) is 0 Å². The molecule has 1 N–H and O–H groups in total. The normalized spacial score (nSPS) is 10.0. The molecule has 0 radical (unpaired) electrons. The predicted molar refractivity (Wildman–Crippen MR) is 66.3 cm³/mol. The zero-order valence-corrected chi connectivity index (χ0v) is 10.2. The number of hydrogen-bond acceptors (Lipinski definition) is 2. The number of rotatable bonds is 2. The number of benzene rings is 1. The Hall–Kier alpha value is -1.75. The third-order valence-corrected chi connectivity index (χ3v) is 2.50. The Bertz CT molecular complexity index is 542. The van der Waals surface area contributed by atoms with Crippen molar-refractivity contribution in [3.05, 3.63) is 58.6 Å². The van der Waals surface area contributed by atoms with E-state index >= 15 is 0 Å². The maximum atomic E-state index is 12.7. The second-order valence-corrected chi connectivity index (χ2v) is 4.27. The van der Waals surface area contributed by atoms with Gasteiger partial charge in [0.05, 0.1) is 5.56 Å². The fourth-order valence-corrected chi connectivity index (χ4v) is 1.64. The van der Waals surface area contributed by atoms with Gasteiger partial charge in [0, 0.05) is 22.6 Å². The highest BCUT2D eigenvalue weighted by Crippen LogP contribution is 2.13. The molecule has 17 heavy (non-hydrogen) atoms. The summed E-state index contributed by atoms with van der Waals surface area (Å²) in [5.41, 5.74) is 0.972. The van der Waals surface area contributed by atoms with Crippen LogP contribution in [0.15, 0.2) is 47.2 Å². The van der Waals surface area contributed by atoms with E-state index in [1.165, 1.54) is 30.5 Å². The Labute approximate surface area is 106 Å². The Kier molecular flexibility index (Phi) is 3.49. The fraction of sp³-hybridized carbons (Fsp3) is 0. The molecule has 0 atom stereocenters. The number of anilines is 1. The molecule has 0 saturated heterocycles. The topological polar surface area (TPSA) is 42.0 Å². The Morgan fingerprint density at radius 3 is 2.59 bits per heavy atom. The number of nitrogens with zero attached hydrogens (tertiary/aromatic N) is 1. The molecule has 0 aliphatic rings. The molecule has 1 aromatic carbocycles. The summed E-state index contributed by atoms with van der Waals surface area (Å²) in [6.07, 6.45) is 3.05. The van der Waals surface area contributed by atoms with Crippen LogP contribution in [0.3, 0.4) is 0 Å². The maximum Gasteiger partial charge on any atom is 0.257 e. The number of carbonyl (C=O) groups excluding carboxylic acids is 1. The fourth-order valence-electron chi connectivity index (χ4n) is 1.27. The SMILES string of the molecule is O=C(Nc1ccc(F)cc1)c1cncc(Br)c1. The molecular formula is C12H8BrFN2O. The van der Waals surface area contributed by atoms with Gasteiger partial charge in [0.15, 0.2) is 0 Å². The van der Waals surface area contributed by atoms with Gasteiger partial charge in [-0.05, 0) is 46.3 Å². The highest BCUT2D eigenvalue weighted by Gasteiger charge is 2.06. The van der Waals surface area contributed by atoms with Gasteiger partial charge in [0.25, 0.3) is 5.91 Å². The Morgan fingerprint density at radius 1 is 1.24 bits per heavy atom. The summed E-state index contributed by atoms with van der Waals surface area (Å²) in [7, 11) is 0. The molecule has 1 aromatic heterocycles. The first-order chi connectivity index (χ1) is 8.15. The molecule has 2 rings (SSSR count). The standard InChI is InChI=1S/C12H8BrFN2O/c13-9-5-8(6-15-7-9)12(17)16-11-3-1-10(14)2-4-11/h1-7H,(H,16,17). The summed E-state index contributed by atoms with van der Waals surface area (Å²) in [6, 6.07) is 7.23. The lowest BCUT2D eigenvalue weighted by Gasteiger charge is -2.04. The number of aromatic nitrogens is 1. The molecule has 0 unspecified atom stereocenters. The van der Waals surface area contributed by atoms with Crippen LogP contribution in [0.4, 0.5) is 10.1 Å². The molecule has 86 valence electrons. The first-order valence-electron chi connectivity index (χ1n) is 4.82. The van der Waals surface area contributed by atoms with E-state index in [1.807, 2.05) is 0 Å². The molecular weight excluding hydrogens is 287 g/mol. The number of pyridine rings is 1. The lowest BCUT2D eigenvalue weighted by atomic mass is 10.2. The molecule has 2 aromatic rings. The minimum Gasteiger partial charge on any atom is -0.322 e. The lowest BCUT2D eigenvalue weighted by molar-refractivity contribution is 0.102. The predicted octanol–water partition coefficient (Wildman–Crippen LogP) is 3.24. The van der Waals surface area contributed by atoms with Crippen molar-refractivity contribution in [3.63, 3.8) is 0 Å². The second-order valence-electron chi connectivity index (χ2n) is 3.35. The number of amides is 1. The summed E-state index contributed by atoms with van der Waals surface area (Å²) < 4.78 is 13.4. The van der Waals surface area contributed by atoms with Gasteiger partial charge in [-0.3, -0.25) is 9.78 Å². The molecule has 0 aliphatic heterocycles. The monoisotopic (exact) mass is 294 g/mol. The van der Waals surface area contributed by atoms with Crippen LogP contribution in [0.5, 0.6) is 0 Å². The number of carbonyl (C=O) groups is 1. The Balaban J connectivity index is 2.14. The Morgan fingerprint density at radius 2 is 1.94 bits per heavy atom. The van der Waals surface area contributed by atoms with Crippen molar-refractivity contribution in [2.75, 3.05) is 5.32 Å². The van der Waals surface area contributed by atoms with Gasteiger partial charge in [0.2, 0.25) is 0 Å². The van der Waals surface area contributed by atoms with E-state index in [9.17, 15) is 9.18 Å². The van der Waals surface area contributed by atoms with E-state index in [4.69, 9.17) is 0 Å². The van der Waals surface area contributed by atoms with Crippen molar-refractivity contribution in [1.82, 2.24) is 4.98 Å². The largest absolute Gasteiger partial charge is 0.322 e. The third-order valence-electron chi connectivity index (χ3n) is 2.07. The van der Waals surface area contributed by atoms with E-state index in [0.717, 1.165) is 4.47 Å². The minimum absolute atomic E-state index is 0.287. The van der Waals surface area contributed by atoms with Crippen LogP contribution in [0, 0.1) is 5.82 Å². The smallest absolute Gasteiger partial charge is 0.257 e. The summed E-state index contributed by atoms with van der Waals surface area (Å²) in [4.78, 5) is 15.7. The molecule has 1 amide bonds. The summed E-state index contributed by atoms with van der Waals surface area (Å²) in [5.74, 6) is -0.627. The molecule has 0 saturated carbocycles. The van der Waals surface area contributed by atoms with Gasteiger partial charge in [0.1, 0.15) is 5.82 Å². The second kappa shape index (κ2) is 5.05. The van der Waals surface area contributed by atoms with Gasteiger partial charge < -0.3 is 5.32 Å². The van der Waals surface area contributed by atoms with Crippen LogP contribution in [-0.2, 0) is 0 Å². The zero-order chi connectivity index (χ0) is 12.3. The van der Waals surface area contributed by atoms with Crippen molar-refractivity contribution in [2.24, 2.45) is 0 Å². The van der Waals surface area contributed by atoms with Crippen LogP contribution >= 0.6 is 15.9 Å². The van der Waals surface area contributed by atoms with E-state index in [-0.39, 0.29) is 11.7 Å². The number of nitrogens with one attached hydrogen (secondary N) is 1. The average molecular weight is 295 g/mol. The average Bonchev–Trinajstić information content (AvgIpc) is 2.32. The zero-order valence-electron chi connectivity index (χ0n) is 8.65. The van der Waals surface area contributed by atoms with E-state index in [2.05, 4.69) is 26.2 Å². The summed E-state index contributed by atoms with van der Waals surface area (Å²) in [6.45, 7) is 0. The highest BCUT2D eigenvalue weighted by molar-refractivity contribution is 9.10. The van der Waals surface area contributed by atoms with Crippen LogP contribution < -0.4 is 5.32 Å². The van der Waals surface area contributed by atoms with Crippen molar-refractivity contribution in [3.8, 4) is 0 Å². The van der Waals surface area contributed by atoms with Crippen LogP contribution in [0.2, 0.25) is 0 Å². The molecule has 1 heterocycles. The molecule has 3 nitrogen and oxygen atoms in total. The maximum absolute atomic E-state index is 12.7. The minimum atomic E-state index is -0.341. The molecule has 0 bridgehead atoms. The van der Waals surface area contributed by atoms with E-state index < -0.39 is 0 Å². The number of halogens is 2. The third kappa shape index (κ3) is 3.10. The van der Waals surface area contributed by atoms with Gasteiger partial charge in [-0.25, -0.2) is 4.39 Å². The quantitative estimate of drug-likeness (QED) is 0.924. The van der Waals surface area contributed by atoms with Gasteiger partial charge in [-0.2, -0.15) is 0 Å². The van der Waals surface area contributed by atoms with Crippen molar-refractivity contribution >= 4 is 27.5 Å². The van der Waals surface area contributed by atoms with E-state index in [1.54, 1.807) is 12.3 Å². The van der Waals surface area contributed by atoms with Crippen molar-refractivity contribution in [1.29, 1.82) is 0 Å². The van der Waals surface area contributed by atoms with Crippen LogP contribution in [0.1, 0.15) is 10.4 Å². The van der Waals surface area contributed by atoms with Crippen LogP contribution in [-0.4, -0.2) is 10.9 Å². The van der Waals surface area contributed by atoms with E-state index in [0.29, 0.717) is 11.3 Å². The number of hydrogen-bond donors (Lipinski definition) is 1. The first kappa shape index (κ1) is 11.7. The first-order valence-corrected chi connectivity index (χ1v) is 5.62. The molecule has 0 aliphatic carbocycles. The summed E-state index contributed by atoms with van der Waals surface area (Å²) in [5, 5.41) is 2.65. The van der Waals surface area contributed by atoms with Crippen LogP contribution in [0.25, 0.3) is 0 Å². The molecule has 0 spiro atoms. The summed E-state index contributed by atoms with van der Waals surface area (Å²) >= 11 is 3.23. The van der Waals surface area contributed by atoms with Gasteiger partial charge in [-0.1, -0.05) is 0 Å². The van der Waals surface area contributed by atoms with Gasteiger partial charge >= 0.3 is 0 Å². The van der Waals surface area contributed by atoms with Gasteiger partial charge in [-0.15, -0.1) is 0 Å². The molecule has 5 heteroatoms. The molecule has 0 fully saturated rings. The lowest BCUT2D eigenvalue weighted by Crippen LogP contribution is -2.12. The highest BCUT2D eigenvalue weighted by atomic mass is 79.9. The van der Waals surface area contributed by atoms with Crippen molar-refractivity contribution < 1.29 is 9.18 Å².